The van der Waals surface area contributed by atoms with Gasteiger partial charge in [-0.3, -0.25) is 4.79 Å². The number of alkyl halides is 1. The molecule has 7 heteroatoms. The van der Waals surface area contributed by atoms with Crippen molar-refractivity contribution in [3.8, 4) is 0 Å². The molecule has 2 rings (SSSR count). The van der Waals surface area contributed by atoms with Crippen LogP contribution in [0.2, 0.25) is 0 Å². The molecule has 2 atom stereocenters. The minimum Gasteiger partial charge on any atom is -0.390 e. The standard InChI is InChI=1S/C26H35F3N2O2/c1-25(2,3)14-17-7-6-8-19(9-17)26(4,5)30-16-23(32)22(31-24(33)15-27)12-18-10-20(28)13-21(29)11-18/h6-11,13,22-23,30,32H,12,14-16H2,1-5H3,(H,31,33)/t22-,23+/m0/s1. The number of carbonyl (C=O) groups is 1. The fourth-order valence-electron chi connectivity index (χ4n) is 3.80. The van der Waals surface area contributed by atoms with Gasteiger partial charge in [0.05, 0.1) is 12.1 Å². The monoisotopic (exact) mass is 464 g/mol. The molecule has 0 aliphatic rings. The Morgan fingerprint density at radius 2 is 1.64 bits per heavy atom. The van der Waals surface area contributed by atoms with Crippen LogP contribution in [0.25, 0.3) is 0 Å². The van der Waals surface area contributed by atoms with Gasteiger partial charge in [0.1, 0.15) is 11.6 Å². The Balaban J connectivity index is 2.13. The molecule has 0 aliphatic carbocycles. The number of aliphatic hydroxyl groups excluding tert-OH is 1. The van der Waals surface area contributed by atoms with Crippen molar-refractivity contribution in [2.45, 2.75) is 65.1 Å². The molecule has 2 aromatic rings. The number of carbonyl (C=O) groups excluding carboxylic acids is 1. The smallest absolute Gasteiger partial charge is 0.251 e. The highest BCUT2D eigenvalue weighted by Crippen LogP contribution is 2.25. The molecule has 182 valence electrons. The van der Waals surface area contributed by atoms with Crippen LogP contribution in [0.5, 0.6) is 0 Å². The Hall–Kier alpha value is -2.38. The van der Waals surface area contributed by atoms with E-state index >= 15 is 0 Å². The summed E-state index contributed by atoms with van der Waals surface area (Å²) in [4.78, 5) is 11.7. The lowest BCUT2D eigenvalue weighted by Crippen LogP contribution is -2.51. The number of nitrogens with one attached hydrogen (secondary N) is 2. The highest BCUT2D eigenvalue weighted by Gasteiger charge is 2.27. The Morgan fingerprint density at radius 3 is 2.21 bits per heavy atom. The van der Waals surface area contributed by atoms with Gasteiger partial charge in [-0.2, -0.15) is 0 Å². The van der Waals surface area contributed by atoms with Crippen LogP contribution < -0.4 is 10.6 Å². The minimum atomic E-state index is -1.25. The van der Waals surface area contributed by atoms with Crippen molar-refractivity contribution >= 4 is 5.91 Å². The highest BCUT2D eigenvalue weighted by molar-refractivity contribution is 5.77. The van der Waals surface area contributed by atoms with Gasteiger partial charge in [-0.15, -0.1) is 0 Å². The first kappa shape index (κ1) is 26.9. The van der Waals surface area contributed by atoms with E-state index in [9.17, 15) is 23.1 Å². The van der Waals surface area contributed by atoms with E-state index in [-0.39, 0.29) is 23.9 Å². The fraction of sp³-hybridized carbons (Fsp3) is 0.500. The van der Waals surface area contributed by atoms with E-state index < -0.39 is 41.9 Å². The Kier molecular flexibility index (Phi) is 9.09. The van der Waals surface area contributed by atoms with Crippen LogP contribution in [0.15, 0.2) is 42.5 Å². The Morgan fingerprint density at radius 1 is 1.00 bits per heavy atom. The number of rotatable bonds is 10. The maximum atomic E-state index is 13.6. The predicted octanol–water partition coefficient (Wildman–Crippen LogP) is 4.44. The average Bonchev–Trinajstić information content (AvgIpc) is 2.69. The number of hydrogen-bond acceptors (Lipinski definition) is 3. The van der Waals surface area contributed by atoms with E-state index in [1.807, 2.05) is 26.0 Å². The third kappa shape index (κ3) is 8.82. The number of benzene rings is 2. The molecule has 0 unspecified atom stereocenters. The van der Waals surface area contributed by atoms with Gasteiger partial charge in [-0.05, 0) is 60.9 Å². The third-order valence-electron chi connectivity index (χ3n) is 5.45. The highest BCUT2D eigenvalue weighted by atomic mass is 19.1. The number of amides is 1. The molecule has 0 heterocycles. The largest absolute Gasteiger partial charge is 0.390 e. The van der Waals surface area contributed by atoms with Crippen LogP contribution in [0, 0.1) is 17.0 Å². The molecule has 0 radical (unpaired) electrons. The van der Waals surface area contributed by atoms with Crippen molar-refractivity contribution in [2.24, 2.45) is 5.41 Å². The predicted molar refractivity (Wildman–Crippen MR) is 125 cm³/mol. The summed E-state index contributed by atoms with van der Waals surface area (Å²) in [5, 5.41) is 16.5. The lowest BCUT2D eigenvalue weighted by molar-refractivity contribution is -0.123. The molecule has 0 aliphatic heterocycles. The summed E-state index contributed by atoms with van der Waals surface area (Å²) in [5.74, 6) is -2.42. The molecule has 0 saturated carbocycles. The number of hydrogen-bond donors (Lipinski definition) is 3. The third-order valence-corrected chi connectivity index (χ3v) is 5.45. The summed E-state index contributed by atoms with van der Waals surface area (Å²) in [6, 6.07) is 10.3. The molecule has 0 spiro atoms. The lowest BCUT2D eigenvalue weighted by atomic mass is 9.85. The van der Waals surface area contributed by atoms with Crippen molar-refractivity contribution in [1.29, 1.82) is 0 Å². The molecule has 4 nitrogen and oxygen atoms in total. The van der Waals surface area contributed by atoms with Crippen LogP contribution in [-0.2, 0) is 23.2 Å². The van der Waals surface area contributed by atoms with Gasteiger partial charge in [0.25, 0.3) is 5.91 Å². The summed E-state index contributed by atoms with van der Waals surface area (Å²) in [7, 11) is 0. The number of aliphatic hydroxyl groups is 1. The normalized spacial score (nSPS) is 14.1. The first-order valence-electron chi connectivity index (χ1n) is 11.1. The molecule has 0 bridgehead atoms. The molecule has 33 heavy (non-hydrogen) atoms. The molecule has 1 amide bonds. The second-order valence-corrected chi connectivity index (χ2v) is 10.3. The molecular weight excluding hydrogens is 429 g/mol. The topological polar surface area (TPSA) is 61.4 Å². The van der Waals surface area contributed by atoms with E-state index in [4.69, 9.17) is 0 Å². The second-order valence-electron chi connectivity index (χ2n) is 10.3. The van der Waals surface area contributed by atoms with Crippen molar-refractivity contribution in [2.75, 3.05) is 13.2 Å². The summed E-state index contributed by atoms with van der Waals surface area (Å²) < 4.78 is 39.9. The first-order valence-corrected chi connectivity index (χ1v) is 11.1. The average molecular weight is 465 g/mol. The van der Waals surface area contributed by atoms with Gasteiger partial charge >= 0.3 is 0 Å². The fourth-order valence-corrected chi connectivity index (χ4v) is 3.80. The maximum absolute atomic E-state index is 13.6. The van der Waals surface area contributed by atoms with Crippen molar-refractivity contribution in [3.63, 3.8) is 0 Å². The van der Waals surface area contributed by atoms with Crippen LogP contribution in [0.4, 0.5) is 13.2 Å². The van der Waals surface area contributed by atoms with Crippen molar-refractivity contribution < 1.29 is 23.1 Å². The van der Waals surface area contributed by atoms with Gasteiger partial charge in [0.2, 0.25) is 0 Å². The van der Waals surface area contributed by atoms with E-state index in [1.165, 1.54) is 5.56 Å². The summed E-state index contributed by atoms with van der Waals surface area (Å²) in [5.41, 5.74) is 2.13. The van der Waals surface area contributed by atoms with Gasteiger partial charge < -0.3 is 15.7 Å². The Labute approximate surface area is 194 Å². The summed E-state index contributed by atoms with van der Waals surface area (Å²) >= 11 is 0. The SMILES string of the molecule is CC(C)(C)Cc1cccc(C(C)(C)NC[C@@H](O)[C@H](Cc2cc(F)cc(F)c2)NC(=O)CF)c1. The van der Waals surface area contributed by atoms with Gasteiger partial charge in [-0.25, -0.2) is 13.2 Å². The lowest BCUT2D eigenvalue weighted by Gasteiger charge is -2.32. The zero-order valence-electron chi connectivity index (χ0n) is 20.0. The van der Waals surface area contributed by atoms with Gasteiger partial charge in [0, 0.05) is 18.2 Å². The first-order chi connectivity index (χ1) is 15.3. The molecule has 2 aromatic carbocycles. The molecular formula is C26H35F3N2O2. The van der Waals surface area contributed by atoms with Gasteiger partial charge in [-0.1, -0.05) is 45.0 Å². The van der Waals surface area contributed by atoms with Crippen LogP contribution in [0.3, 0.4) is 0 Å². The summed E-state index contributed by atoms with van der Waals surface area (Å²) in [6.45, 7) is 9.31. The van der Waals surface area contributed by atoms with Crippen LogP contribution in [0.1, 0.15) is 51.3 Å². The van der Waals surface area contributed by atoms with E-state index in [2.05, 4.69) is 43.5 Å². The molecule has 3 N–H and O–H groups in total. The quantitative estimate of drug-likeness (QED) is 0.487. The van der Waals surface area contributed by atoms with E-state index in [1.54, 1.807) is 0 Å². The number of halogens is 3. The van der Waals surface area contributed by atoms with Crippen LogP contribution >= 0.6 is 0 Å². The van der Waals surface area contributed by atoms with E-state index in [0.717, 1.165) is 30.2 Å². The van der Waals surface area contributed by atoms with Crippen LogP contribution in [-0.4, -0.2) is 36.4 Å². The van der Waals surface area contributed by atoms with E-state index in [0.29, 0.717) is 0 Å². The Bertz CT molecular complexity index is 921. The molecule has 0 saturated heterocycles. The zero-order valence-corrected chi connectivity index (χ0v) is 20.0. The van der Waals surface area contributed by atoms with Crippen molar-refractivity contribution in [1.82, 2.24) is 10.6 Å². The molecule has 0 aromatic heterocycles. The zero-order chi connectivity index (χ0) is 24.8. The molecule has 0 fully saturated rings. The minimum absolute atomic E-state index is 0.0508. The van der Waals surface area contributed by atoms with Gasteiger partial charge in [0.15, 0.2) is 6.67 Å². The maximum Gasteiger partial charge on any atom is 0.251 e. The summed E-state index contributed by atoms with van der Waals surface area (Å²) in [6.07, 6.45) is -0.255. The van der Waals surface area contributed by atoms with Crippen molar-refractivity contribution in [3.05, 3.63) is 70.8 Å². The second kappa shape index (κ2) is 11.2.